The summed E-state index contributed by atoms with van der Waals surface area (Å²) in [7, 11) is -2.61. The Bertz CT molecular complexity index is 1110. The SMILES string of the molecule is COc1ccc(CN2C(=O)[C@@H]3CCCC[C@H]3C2=O)cc1S(=O)(=O)NCc1ccc(F)cc1. The van der Waals surface area contributed by atoms with E-state index in [0.29, 0.717) is 11.1 Å². The Morgan fingerprint density at radius 1 is 1.00 bits per heavy atom. The van der Waals surface area contributed by atoms with Crippen LogP contribution in [0.25, 0.3) is 0 Å². The normalized spacial score (nSPS) is 21.0. The van der Waals surface area contributed by atoms with Crippen molar-refractivity contribution in [3.8, 4) is 5.75 Å². The molecule has 2 fully saturated rings. The van der Waals surface area contributed by atoms with Gasteiger partial charge in [-0.25, -0.2) is 17.5 Å². The first-order valence-corrected chi connectivity index (χ1v) is 12.0. The lowest BCUT2D eigenvalue weighted by Gasteiger charge is -2.19. The molecule has 2 aliphatic rings. The largest absolute Gasteiger partial charge is 0.495 e. The van der Waals surface area contributed by atoms with E-state index < -0.39 is 15.8 Å². The highest BCUT2D eigenvalue weighted by Crippen LogP contribution is 2.39. The van der Waals surface area contributed by atoms with E-state index in [0.717, 1.165) is 25.7 Å². The molecule has 2 aromatic rings. The van der Waals surface area contributed by atoms with Gasteiger partial charge in [0.2, 0.25) is 21.8 Å². The number of nitrogens with one attached hydrogen (secondary N) is 1. The van der Waals surface area contributed by atoms with Gasteiger partial charge >= 0.3 is 0 Å². The van der Waals surface area contributed by atoms with Crippen LogP contribution < -0.4 is 9.46 Å². The summed E-state index contributed by atoms with van der Waals surface area (Å²) >= 11 is 0. The number of carbonyl (C=O) groups excluding carboxylic acids is 2. The molecule has 7 nitrogen and oxygen atoms in total. The van der Waals surface area contributed by atoms with E-state index in [-0.39, 0.29) is 47.4 Å². The molecule has 0 aromatic heterocycles. The highest BCUT2D eigenvalue weighted by molar-refractivity contribution is 7.89. The predicted molar refractivity (Wildman–Crippen MR) is 114 cm³/mol. The molecule has 1 aliphatic heterocycles. The molecule has 0 radical (unpaired) electrons. The van der Waals surface area contributed by atoms with Crippen LogP contribution in [0.3, 0.4) is 0 Å². The van der Waals surface area contributed by atoms with Crippen LogP contribution in [-0.2, 0) is 32.7 Å². The molecule has 1 aliphatic carbocycles. The van der Waals surface area contributed by atoms with Crippen molar-refractivity contribution in [1.82, 2.24) is 9.62 Å². The fourth-order valence-corrected chi connectivity index (χ4v) is 5.69. The molecule has 0 unspecified atom stereocenters. The number of halogens is 1. The number of hydrogen-bond acceptors (Lipinski definition) is 5. The quantitative estimate of drug-likeness (QED) is 0.642. The van der Waals surface area contributed by atoms with Crippen LogP contribution in [0.5, 0.6) is 5.75 Å². The van der Waals surface area contributed by atoms with Gasteiger partial charge in [-0.1, -0.05) is 31.0 Å². The number of rotatable bonds is 7. The molecule has 2 amide bonds. The second-order valence-electron chi connectivity index (χ2n) is 8.20. The smallest absolute Gasteiger partial charge is 0.244 e. The summed E-state index contributed by atoms with van der Waals surface area (Å²) < 4.78 is 46.7. The van der Waals surface area contributed by atoms with Gasteiger partial charge in [0.25, 0.3) is 0 Å². The van der Waals surface area contributed by atoms with E-state index in [4.69, 9.17) is 4.74 Å². The summed E-state index contributed by atoms with van der Waals surface area (Å²) in [6.07, 6.45) is 3.33. The van der Waals surface area contributed by atoms with Gasteiger partial charge in [0.15, 0.2) is 0 Å². The first-order chi connectivity index (χ1) is 15.3. The highest BCUT2D eigenvalue weighted by Gasteiger charge is 2.47. The summed E-state index contributed by atoms with van der Waals surface area (Å²) in [6, 6.07) is 10.1. The number of likely N-dealkylation sites (tertiary alicyclic amines) is 1. The van der Waals surface area contributed by atoms with Crippen molar-refractivity contribution in [1.29, 1.82) is 0 Å². The molecule has 2 atom stereocenters. The first-order valence-electron chi connectivity index (χ1n) is 10.6. The molecular formula is C23H25FN2O5S. The highest BCUT2D eigenvalue weighted by atomic mass is 32.2. The summed E-state index contributed by atoms with van der Waals surface area (Å²) in [6.45, 7) is -0.00239. The number of ether oxygens (including phenoxy) is 1. The van der Waals surface area contributed by atoms with E-state index in [9.17, 15) is 22.4 Å². The molecule has 0 spiro atoms. The van der Waals surface area contributed by atoms with Crippen LogP contribution in [0.15, 0.2) is 47.4 Å². The number of amides is 2. The standard InChI is InChI=1S/C23H25FN2O5S/c1-31-20-11-8-16(14-26-22(27)18-4-2-3-5-19(18)23(26)28)12-21(20)32(29,30)25-13-15-6-9-17(24)10-7-15/h6-12,18-19,25H,2-5,13-14H2,1H3/t18-,19-/m1/s1. The Morgan fingerprint density at radius 3 is 2.19 bits per heavy atom. The zero-order chi connectivity index (χ0) is 22.9. The van der Waals surface area contributed by atoms with Crippen LogP contribution in [-0.4, -0.2) is 32.2 Å². The maximum atomic E-state index is 13.1. The zero-order valence-corrected chi connectivity index (χ0v) is 18.5. The number of fused-ring (bicyclic) bond motifs is 1. The van der Waals surface area contributed by atoms with Gasteiger partial charge < -0.3 is 4.74 Å². The topological polar surface area (TPSA) is 92.8 Å². The second-order valence-corrected chi connectivity index (χ2v) is 9.93. The van der Waals surface area contributed by atoms with Crippen LogP contribution in [0.1, 0.15) is 36.8 Å². The molecule has 0 bridgehead atoms. The van der Waals surface area contributed by atoms with Crippen LogP contribution in [0, 0.1) is 17.7 Å². The molecular weight excluding hydrogens is 435 g/mol. The molecule has 9 heteroatoms. The predicted octanol–water partition coefficient (Wildman–Crippen LogP) is 2.99. The third kappa shape index (κ3) is 4.40. The Balaban J connectivity index is 1.55. The van der Waals surface area contributed by atoms with Crippen molar-refractivity contribution in [2.24, 2.45) is 11.8 Å². The molecule has 1 saturated carbocycles. The van der Waals surface area contributed by atoms with E-state index in [1.165, 1.54) is 48.4 Å². The molecule has 1 saturated heterocycles. The lowest BCUT2D eigenvalue weighted by molar-refractivity contribution is -0.140. The first kappa shape index (κ1) is 22.4. The summed E-state index contributed by atoms with van der Waals surface area (Å²) in [5.41, 5.74) is 1.12. The fourth-order valence-electron chi connectivity index (χ4n) is 4.46. The lowest BCUT2D eigenvalue weighted by Crippen LogP contribution is -2.30. The van der Waals surface area contributed by atoms with Gasteiger partial charge in [-0.05, 0) is 48.2 Å². The molecule has 4 rings (SSSR count). The van der Waals surface area contributed by atoms with E-state index in [2.05, 4.69) is 4.72 Å². The number of imide groups is 1. The second kappa shape index (κ2) is 8.99. The summed E-state index contributed by atoms with van der Waals surface area (Å²) in [4.78, 5) is 26.7. The van der Waals surface area contributed by atoms with Gasteiger partial charge in [0.05, 0.1) is 25.5 Å². The van der Waals surface area contributed by atoms with Gasteiger partial charge in [-0.2, -0.15) is 0 Å². The van der Waals surface area contributed by atoms with Crippen molar-refractivity contribution in [3.63, 3.8) is 0 Å². The van der Waals surface area contributed by atoms with Gasteiger partial charge in [0.1, 0.15) is 16.5 Å². The van der Waals surface area contributed by atoms with E-state index in [1.54, 1.807) is 6.07 Å². The van der Waals surface area contributed by atoms with Crippen molar-refractivity contribution in [2.75, 3.05) is 7.11 Å². The molecule has 1 N–H and O–H groups in total. The maximum absolute atomic E-state index is 13.1. The Morgan fingerprint density at radius 2 is 1.59 bits per heavy atom. The average molecular weight is 461 g/mol. The van der Waals surface area contributed by atoms with Crippen molar-refractivity contribution in [3.05, 3.63) is 59.4 Å². The Kier molecular flexibility index (Phi) is 6.30. The average Bonchev–Trinajstić information content (AvgIpc) is 3.04. The molecule has 1 heterocycles. The van der Waals surface area contributed by atoms with Crippen molar-refractivity contribution in [2.45, 2.75) is 43.7 Å². The summed E-state index contributed by atoms with van der Waals surface area (Å²) in [5.74, 6) is -1.11. The monoisotopic (exact) mass is 460 g/mol. The number of hydrogen-bond donors (Lipinski definition) is 1. The van der Waals surface area contributed by atoms with Gasteiger partial charge in [-0.15, -0.1) is 0 Å². The van der Waals surface area contributed by atoms with E-state index >= 15 is 0 Å². The number of benzene rings is 2. The fraction of sp³-hybridized carbons (Fsp3) is 0.391. The minimum absolute atomic E-state index is 0.0230. The van der Waals surface area contributed by atoms with Crippen LogP contribution >= 0.6 is 0 Å². The number of sulfonamides is 1. The maximum Gasteiger partial charge on any atom is 0.244 e. The molecule has 2 aromatic carbocycles. The van der Waals surface area contributed by atoms with Crippen LogP contribution in [0.2, 0.25) is 0 Å². The zero-order valence-electron chi connectivity index (χ0n) is 17.7. The van der Waals surface area contributed by atoms with E-state index in [1.807, 2.05) is 0 Å². The molecule has 32 heavy (non-hydrogen) atoms. The van der Waals surface area contributed by atoms with Crippen molar-refractivity contribution < 1.29 is 27.1 Å². The number of nitrogens with zero attached hydrogens (tertiary/aromatic N) is 1. The minimum atomic E-state index is -3.97. The third-order valence-corrected chi connectivity index (χ3v) is 7.59. The number of methoxy groups -OCH3 is 1. The Labute approximate surface area is 186 Å². The minimum Gasteiger partial charge on any atom is -0.495 e. The molecule has 170 valence electrons. The van der Waals surface area contributed by atoms with Crippen molar-refractivity contribution >= 4 is 21.8 Å². The van der Waals surface area contributed by atoms with Crippen LogP contribution in [0.4, 0.5) is 4.39 Å². The third-order valence-electron chi connectivity index (χ3n) is 6.17. The lowest BCUT2D eigenvalue weighted by atomic mass is 9.81. The van der Waals surface area contributed by atoms with Gasteiger partial charge in [0, 0.05) is 6.54 Å². The summed E-state index contributed by atoms with van der Waals surface area (Å²) in [5, 5.41) is 0. The van der Waals surface area contributed by atoms with Gasteiger partial charge in [-0.3, -0.25) is 14.5 Å². The number of carbonyl (C=O) groups is 2. The Hall–Kier alpha value is -2.78.